The molecule has 0 fully saturated rings. The highest BCUT2D eigenvalue weighted by molar-refractivity contribution is 6.35. The minimum Gasteiger partial charge on any atom is -0.318 e. The lowest BCUT2D eigenvalue weighted by Crippen LogP contribution is -2.14. The first kappa shape index (κ1) is 20.5. The van der Waals surface area contributed by atoms with Crippen LogP contribution in [0.25, 0.3) is 27.7 Å². The Hall–Kier alpha value is -3.42. The Labute approximate surface area is 189 Å². The third-order valence-corrected chi connectivity index (χ3v) is 5.59. The first-order valence-corrected chi connectivity index (χ1v) is 10.6. The minimum absolute atomic E-state index is 0.360. The number of halogens is 2. The number of nitrogens with one attached hydrogen (secondary N) is 1. The topological polar surface area (TPSA) is 68.0 Å². The molecular weight excluding hydrogens is 427 g/mol. The van der Waals surface area contributed by atoms with Gasteiger partial charge in [-0.3, -0.25) is 14.7 Å². The molecule has 4 heterocycles. The smallest absolute Gasteiger partial charge is 0.132 e. The van der Waals surface area contributed by atoms with Gasteiger partial charge in [0, 0.05) is 46.2 Å². The molecule has 0 spiro atoms. The van der Waals surface area contributed by atoms with E-state index in [1.54, 1.807) is 6.07 Å². The molecule has 0 saturated carbocycles. The lowest BCUT2D eigenvalue weighted by Gasteiger charge is -2.10. The van der Waals surface area contributed by atoms with E-state index in [2.05, 4.69) is 20.4 Å². The minimum atomic E-state index is -0.360. The summed E-state index contributed by atoms with van der Waals surface area (Å²) in [7, 11) is 1.91. The zero-order valence-corrected chi connectivity index (χ0v) is 18.1. The van der Waals surface area contributed by atoms with E-state index in [1.807, 2.05) is 54.6 Å². The second kappa shape index (κ2) is 8.61. The number of hydrogen-bond acceptors (Lipinski definition) is 5. The van der Waals surface area contributed by atoms with Crippen molar-refractivity contribution in [3.63, 3.8) is 0 Å². The number of allylic oxidation sites excluding steroid dienone is 1. The highest BCUT2D eigenvalue weighted by Gasteiger charge is 2.21. The fourth-order valence-electron chi connectivity index (χ4n) is 3.72. The zero-order chi connectivity index (χ0) is 22.1. The van der Waals surface area contributed by atoms with Gasteiger partial charge in [0.1, 0.15) is 5.82 Å². The third kappa shape index (κ3) is 3.92. The number of pyridine rings is 2. The zero-order valence-electron chi connectivity index (χ0n) is 17.4. The molecule has 0 unspecified atom stereocenters. The van der Waals surface area contributed by atoms with Crippen LogP contribution in [0.15, 0.2) is 66.1 Å². The normalized spacial score (nSPS) is 13.5. The summed E-state index contributed by atoms with van der Waals surface area (Å²) < 4.78 is 16.4. The molecule has 5 rings (SSSR count). The Morgan fingerprint density at radius 3 is 2.88 bits per heavy atom. The molecule has 1 aliphatic heterocycles. The van der Waals surface area contributed by atoms with Gasteiger partial charge in [0.25, 0.3) is 0 Å². The summed E-state index contributed by atoms with van der Waals surface area (Å²) in [5, 5.41) is 7.99. The van der Waals surface area contributed by atoms with Crippen molar-refractivity contribution in [1.29, 1.82) is 0 Å². The molecule has 4 aromatic rings. The molecule has 6 nitrogen and oxygen atoms in total. The van der Waals surface area contributed by atoms with Crippen LogP contribution in [0.5, 0.6) is 0 Å². The van der Waals surface area contributed by atoms with Crippen molar-refractivity contribution in [1.82, 2.24) is 25.1 Å². The molecule has 0 amide bonds. The van der Waals surface area contributed by atoms with Crippen LogP contribution in [-0.4, -0.2) is 45.6 Å². The molecule has 160 valence electrons. The molecule has 0 atom stereocenters. The van der Waals surface area contributed by atoms with Gasteiger partial charge in [0.15, 0.2) is 0 Å². The predicted octanol–water partition coefficient (Wildman–Crippen LogP) is 4.39. The Kier molecular flexibility index (Phi) is 5.51. The van der Waals surface area contributed by atoms with Gasteiger partial charge >= 0.3 is 0 Å². The van der Waals surface area contributed by atoms with E-state index in [0.29, 0.717) is 22.8 Å². The van der Waals surface area contributed by atoms with Crippen LogP contribution >= 0.6 is 11.6 Å². The van der Waals surface area contributed by atoms with E-state index >= 15 is 0 Å². The molecule has 1 aromatic carbocycles. The Balaban J connectivity index is 1.50. The predicted molar refractivity (Wildman–Crippen MR) is 125 cm³/mol. The van der Waals surface area contributed by atoms with Crippen molar-refractivity contribution in [2.24, 2.45) is 4.99 Å². The first-order valence-electron chi connectivity index (χ1n) is 10.3. The van der Waals surface area contributed by atoms with Crippen LogP contribution in [0.4, 0.5) is 4.39 Å². The number of nitrogens with zero attached hydrogens (tertiary/aromatic N) is 5. The maximum atomic E-state index is 14.5. The molecule has 8 heteroatoms. The third-order valence-electron chi connectivity index (χ3n) is 5.35. The quantitative estimate of drug-likeness (QED) is 0.477. The van der Waals surface area contributed by atoms with Gasteiger partial charge in [-0.1, -0.05) is 17.7 Å². The fraction of sp³-hybridized carbons (Fsp3) is 0.167. The van der Waals surface area contributed by atoms with Crippen LogP contribution in [-0.2, 0) is 6.54 Å². The highest BCUT2D eigenvalue weighted by Crippen LogP contribution is 2.28. The lowest BCUT2D eigenvalue weighted by atomic mass is 9.99. The number of aromatic nitrogens is 4. The average molecular weight is 447 g/mol. The van der Waals surface area contributed by atoms with E-state index in [-0.39, 0.29) is 5.82 Å². The largest absolute Gasteiger partial charge is 0.318 e. The van der Waals surface area contributed by atoms with Gasteiger partial charge in [0.05, 0.1) is 41.7 Å². The van der Waals surface area contributed by atoms with Crippen molar-refractivity contribution in [2.45, 2.75) is 6.54 Å². The second-order valence-corrected chi connectivity index (χ2v) is 7.92. The van der Waals surface area contributed by atoms with E-state index in [0.717, 1.165) is 46.5 Å². The van der Waals surface area contributed by atoms with Crippen LogP contribution < -0.4 is 5.32 Å². The van der Waals surface area contributed by atoms with Crippen molar-refractivity contribution in [3.05, 3.63) is 83.2 Å². The summed E-state index contributed by atoms with van der Waals surface area (Å²) >= 11 is 6.10. The Morgan fingerprint density at radius 2 is 2.00 bits per heavy atom. The molecule has 0 aliphatic carbocycles. The van der Waals surface area contributed by atoms with Crippen molar-refractivity contribution in [2.75, 3.05) is 20.1 Å². The second-order valence-electron chi connectivity index (χ2n) is 7.49. The van der Waals surface area contributed by atoms with Crippen molar-refractivity contribution >= 4 is 33.9 Å². The van der Waals surface area contributed by atoms with Gasteiger partial charge < -0.3 is 5.32 Å². The van der Waals surface area contributed by atoms with E-state index < -0.39 is 0 Å². The molecule has 0 radical (unpaired) electrons. The maximum absolute atomic E-state index is 14.5. The van der Waals surface area contributed by atoms with E-state index in [4.69, 9.17) is 16.6 Å². The summed E-state index contributed by atoms with van der Waals surface area (Å²) in [6.07, 6.45) is 7.60. The van der Waals surface area contributed by atoms with E-state index in [9.17, 15) is 4.39 Å². The number of likely N-dealkylation sites (N-methyl/N-ethyl adjacent to an activating group) is 1. The number of fused-ring (bicyclic) bond motifs is 1. The molecule has 3 aromatic heterocycles. The number of rotatable bonds is 6. The van der Waals surface area contributed by atoms with Gasteiger partial charge in [-0.2, -0.15) is 5.10 Å². The highest BCUT2D eigenvalue weighted by atomic mass is 35.5. The lowest BCUT2D eigenvalue weighted by molar-refractivity contribution is 0.585. The Morgan fingerprint density at radius 1 is 1.09 bits per heavy atom. The number of aliphatic imine (C=N–C) groups is 1. The SMILES string of the molecule is CNCCn1cc(-c2cnc3ccc(C4=CCN=C4c4cc(Cl)ccc4F)nc3c2)cn1. The first-order chi connectivity index (χ1) is 15.6. The fourth-order valence-corrected chi connectivity index (χ4v) is 3.89. The van der Waals surface area contributed by atoms with Gasteiger partial charge in [-0.05, 0) is 43.4 Å². The monoisotopic (exact) mass is 446 g/mol. The molecule has 1 aliphatic rings. The van der Waals surface area contributed by atoms with Crippen LogP contribution in [0.1, 0.15) is 11.3 Å². The standard InChI is InChI=1S/C24H20ClFN6/c1-27-8-9-32-14-16(13-30-32)15-10-23-22(29-12-15)5-4-21(31-23)18-6-7-28-24(18)19-11-17(25)2-3-20(19)26/h2-6,10-14,27H,7-9H2,1H3. The summed E-state index contributed by atoms with van der Waals surface area (Å²) in [6.45, 7) is 2.10. The Bertz CT molecular complexity index is 1370. The number of hydrogen-bond donors (Lipinski definition) is 1. The average Bonchev–Trinajstić information content (AvgIpc) is 3.48. The van der Waals surface area contributed by atoms with Crippen LogP contribution in [0.3, 0.4) is 0 Å². The summed E-state index contributed by atoms with van der Waals surface area (Å²) in [4.78, 5) is 13.9. The molecule has 1 N–H and O–H groups in total. The van der Waals surface area contributed by atoms with Gasteiger partial charge in [-0.15, -0.1) is 0 Å². The van der Waals surface area contributed by atoms with Gasteiger partial charge in [-0.25, -0.2) is 9.37 Å². The molecule has 0 saturated heterocycles. The van der Waals surface area contributed by atoms with Gasteiger partial charge in [0.2, 0.25) is 0 Å². The summed E-state index contributed by atoms with van der Waals surface area (Å²) in [5.41, 5.74) is 5.90. The van der Waals surface area contributed by atoms with E-state index in [1.165, 1.54) is 12.1 Å². The summed E-state index contributed by atoms with van der Waals surface area (Å²) in [6, 6.07) is 10.3. The van der Waals surface area contributed by atoms with Crippen molar-refractivity contribution < 1.29 is 4.39 Å². The molecular formula is C24H20ClFN6. The van der Waals surface area contributed by atoms with Crippen LogP contribution in [0, 0.1) is 5.82 Å². The number of benzene rings is 1. The molecule has 32 heavy (non-hydrogen) atoms. The van der Waals surface area contributed by atoms with Crippen molar-refractivity contribution in [3.8, 4) is 11.1 Å². The maximum Gasteiger partial charge on any atom is 0.132 e. The summed E-state index contributed by atoms with van der Waals surface area (Å²) in [5.74, 6) is -0.360. The molecule has 0 bridgehead atoms. The van der Waals surface area contributed by atoms with Crippen LogP contribution in [0.2, 0.25) is 5.02 Å².